The third-order valence-corrected chi connectivity index (χ3v) is 4.23. The number of anilines is 1. The summed E-state index contributed by atoms with van der Waals surface area (Å²) >= 11 is 0. The van der Waals surface area contributed by atoms with Gasteiger partial charge in [0.1, 0.15) is 11.4 Å². The van der Waals surface area contributed by atoms with Crippen molar-refractivity contribution in [2.24, 2.45) is 0 Å². The molecule has 0 unspecified atom stereocenters. The standard InChI is InChI=1S/C24H19F3N2O3/c1-16-6-5-7-17(14-16)15-21(29-22(30)18-8-3-2-4-9-18)23(31)28-19-10-12-20(13-11-19)32-24(25,26)27/h2-15H,1H3,(H,28,31)(H,29,30)/b21-15-. The van der Waals surface area contributed by atoms with Crippen molar-refractivity contribution in [2.75, 3.05) is 5.32 Å². The zero-order valence-corrected chi connectivity index (χ0v) is 16.9. The van der Waals surface area contributed by atoms with Gasteiger partial charge < -0.3 is 15.4 Å². The van der Waals surface area contributed by atoms with E-state index in [0.29, 0.717) is 11.1 Å². The van der Waals surface area contributed by atoms with E-state index in [4.69, 9.17) is 0 Å². The summed E-state index contributed by atoms with van der Waals surface area (Å²) in [6.07, 6.45) is -3.29. The lowest BCUT2D eigenvalue weighted by Gasteiger charge is -2.13. The number of halogens is 3. The molecule has 0 radical (unpaired) electrons. The first-order valence-corrected chi connectivity index (χ1v) is 9.51. The molecule has 0 atom stereocenters. The molecule has 0 aliphatic carbocycles. The average Bonchev–Trinajstić information content (AvgIpc) is 2.74. The van der Waals surface area contributed by atoms with Crippen LogP contribution in [0.4, 0.5) is 18.9 Å². The molecule has 0 saturated carbocycles. The van der Waals surface area contributed by atoms with Gasteiger partial charge in [0.15, 0.2) is 0 Å². The molecule has 2 amide bonds. The predicted octanol–water partition coefficient (Wildman–Crippen LogP) is 5.30. The third kappa shape index (κ3) is 6.73. The molecule has 3 aromatic rings. The maximum atomic E-state index is 12.9. The summed E-state index contributed by atoms with van der Waals surface area (Å²) in [5.74, 6) is -1.53. The Morgan fingerprint density at radius 1 is 0.906 bits per heavy atom. The Labute approximate surface area is 182 Å². The van der Waals surface area contributed by atoms with Crippen molar-refractivity contribution >= 4 is 23.6 Å². The fourth-order valence-corrected chi connectivity index (χ4v) is 2.81. The number of hydrogen-bond donors (Lipinski definition) is 2. The van der Waals surface area contributed by atoms with Gasteiger partial charge in [0, 0.05) is 11.3 Å². The molecule has 0 aromatic heterocycles. The van der Waals surface area contributed by atoms with Crippen molar-refractivity contribution in [1.29, 1.82) is 0 Å². The quantitative estimate of drug-likeness (QED) is 0.511. The van der Waals surface area contributed by atoms with Gasteiger partial charge in [-0.25, -0.2) is 0 Å². The fourth-order valence-electron chi connectivity index (χ4n) is 2.81. The van der Waals surface area contributed by atoms with E-state index in [1.54, 1.807) is 36.4 Å². The van der Waals surface area contributed by atoms with Crippen molar-refractivity contribution in [3.63, 3.8) is 0 Å². The summed E-state index contributed by atoms with van der Waals surface area (Å²) < 4.78 is 40.8. The lowest BCUT2D eigenvalue weighted by Crippen LogP contribution is -2.30. The van der Waals surface area contributed by atoms with E-state index in [-0.39, 0.29) is 11.4 Å². The molecule has 2 N–H and O–H groups in total. The molecule has 0 aliphatic rings. The van der Waals surface area contributed by atoms with Gasteiger partial charge in [0.25, 0.3) is 11.8 Å². The van der Waals surface area contributed by atoms with Gasteiger partial charge in [-0.3, -0.25) is 9.59 Å². The molecule has 8 heteroatoms. The van der Waals surface area contributed by atoms with E-state index < -0.39 is 23.9 Å². The van der Waals surface area contributed by atoms with Gasteiger partial charge in [-0.05, 0) is 55.0 Å². The fraction of sp³-hybridized carbons (Fsp3) is 0.0833. The van der Waals surface area contributed by atoms with Crippen LogP contribution in [0.5, 0.6) is 5.75 Å². The molecule has 3 aromatic carbocycles. The summed E-state index contributed by atoms with van der Waals surface area (Å²) in [6, 6.07) is 20.4. The van der Waals surface area contributed by atoms with Gasteiger partial charge in [-0.15, -0.1) is 13.2 Å². The monoisotopic (exact) mass is 440 g/mol. The highest BCUT2D eigenvalue weighted by molar-refractivity contribution is 6.10. The third-order valence-electron chi connectivity index (χ3n) is 4.23. The molecule has 0 aliphatic heterocycles. The Morgan fingerprint density at radius 3 is 2.22 bits per heavy atom. The zero-order valence-electron chi connectivity index (χ0n) is 16.9. The summed E-state index contributed by atoms with van der Waals surface area (Å²) in [5.41, 5.74) is 2.23. The predicted molar refractivity (Wildman–Crippen MR) is 115 cm³/mol. The Morgan fingerprint density at radius 2 is 1.59 bits per heavy atom. The first kappa shape index (κ1) is 22.6. The number of ether oxygens (including phenoxy) is 1. The molecule has 0 spiro atoms. The Kier molecular flexibility index (Phi) is 6.94. The van der Waals surface area contributed by atoms with Crippen LogP contribution < -0.4 is 15.4 Å². The number of aryl methyl sites for hydroxylation is 1. The number of carbonyl (C=O) groups excluding carboxylic acids is 2. The number of carbonyl (C=O) groups is 2. The number of nitrogens with one attached hydrogen (secondary N) is 2. The topological polar surface area (TPSA) is 67.4 Å². The maximum Gasteiger partial charge on any atom is 0.573 e. The molecular formula is C24H19F3N2O3. The van der Waals surface area contributed by atoms with Gasteiger partial charge in [0.2, 0.25) is 0 Å². The smallest absolute Gasteiger partial charge is 0.406 e. The van der Waals surface area contributed by atoms with Crippen LogP contribution in [0.3, 0.4) is 0 Å². The van der Waals surface area contributed by atoms with Crippen LogP contribution in [0, 0.1) is 6.92 Å². The molecule has 0 bridgehead atoms. The van der Waals surface area contributed by atoms with E-state index >= 15 is 0 Å². The minimum absolute atomic E-state index is 0.0277. The second-order valence-electron chi connectivity index (χ2n) is 6.82. The number of rotatable bonds is 6. The lowest BCUT2D eigenvalue weighted by atomic mass is 10.1. The highest BCUT2D eigenvalue weighted by atomic mass is 19.4. The summed E-state index contributed by atoms with van der Waals surface area (Å²) in [4.78, 5) is 25.5. The second kappa shape index (κ2) is 9.82. The minimum atomic E-state index is -4.81. The normalized spacial score (nSPS) is 11.6. The Balaban J connectivity index is 1.82. The Hall–Kier alpha value is -4.07. The van der Waals surface area contributed by atoms with Crippen molar-refractivity contribution < 1.29 is 27.5 Å². The minimum Gasteiger partial charge on any atom is -0.406 e. The van der Waals surface area contributed by atoms with Crippen LogP contribution in [0.2, 0.25) is 0 Å². The van der Waals surface area contributed by atoms with E-state index in [0.717, 1.165) is 17.7 Å². The van der Waals surface area contributed by atoms with Gasteiger partial charge in [-0.2, -0.15) is 0 Å². The largest absolute Gasteiger partial charge is 0.573 e. The van der Waals surface area contributed by atoms with Crippen LogP contribution in [-0.4, -0.2) is 18.2 Å². The average molecular weight is 440 g/mol. The van der Waals surface area contributed by atoms with E-state index in [2.05, 4.69) is 15.4 Å². The van der Waals surface area contributed by atoms with E-state index in [9.17, 15) is 22.8 Å². The number of alkyl halides is 3. The van der Waals surface area contributed by atoms with Crippen LogP contribution in [0.25, 0.3) is 6.08 Å². The van der Waals surface area contributed by atoms with Crippen LogP contribution in [0.15, 0.2) is 84.6 Å². The Bertz CT molecular complexity index is 1130. The first-order chi connectivity index (χ1) is 15.2. The molecule has 3 rings (SSSR count). The maximum absolute atomic E-state index is 12.9. The van der Waals surface area contributed by atoms with E-state index in [1.165, 1.54) is 18.2 Å². The lowest BCUT2D eigenvalue weighted by molar-refractivity contribution is -0.274. The second-order valence-corrected chi connectivity index (χ2v) is 6.82. The summed E-state index contributed by atoms with van der Waals surface area (Å²) in [5, 5.41) is 5.17. The molecule has 5 nitrogen and oxygen atoms in total. The molecule has 0 saturated heterocycles. The van der Waals surface area contributed by atoms with Crippen LogP contribution in [0.1, 0.15) is 21.5 Å². The van der Waals surface area contributed by atoms with E-state index in [1.807, 2.05) is 25.1 Å². The summed E-state index contributed by atoms with van der Waals surface area (Å²) in [7, 11) is 0. The highest BCUT2D eigenvalue weighted by Crippen LogP contribution is 2.24. The van der Waals surface area contributed by atoms with Crippen LogP contribution in [-0.2, 0) is 4.79 Å². The van der Waals surface area contributed by atoms with Crippen molar-refractivity contribution in [3.8, 4) is 5.75 Å². The highest BCUT2D eigenvalue weighted by Gasteiger charge is 2.31. The SMILES string of the molecule is Cc1cccc(/C=C(\NC(=O)c2ccccc2)C(=O)Nc2ccc(OC(F)(F)F)cc2)c1. The van der Waals surface area contributed by atoms with Crippen molar-refractivity contribution in [2.45, 2.75) is 13.3 Å². The molecular weight excluding hydrogens is 421 g/mol. The molecule has 32 heavy (non-hydrogen) atoms. The van der Waals surface area contributed by atoms with Gasteiger partial charge >= 0.3 is 6.36 Å². The van der Waals surface area contributed by atoms with Crippen molar-refractivity contribution in [3.05, 3.63) is 101 Å². The molecule has 164 valence electrons. The molecule has 0 fully saturated rings. The van der Waals surface area contributed by atoms with Crippen LogP contribution >= 0.6 is 0 Å². The summed E-state index contributed by atoms with van der Waals surface area (Å²) in [6.45, 7) is 1.89. The van der Waals surface area contributed by atoms with Gasteiger partial charge in [-0.1, -0.05) is 48.0 Å². The van der Waals surface area contributed by atoms with Crippen molar-refractivity contribution in [1.82, 2.24) is 5.32 Å². The zero-order chi connectivity index (χ0) is 23.1. The van der Waals surface area contributed by atoms with Gasteiger partial charge in [0.05, 0.1) is 0 Å². The molecule has 0 heterocycles. The first-order valence-electron chi connectivity index (χ1n) is 9.51. The number of hydrogen-bond acceptors (Lipinski definition) is 3. The number of amides is 2. The number of benzene rings is 3.